The molecule has 1 aromatic carbocycles. The van der Waals surface area contributed by atoms with Crippen LogP contribution in [0.5, 0.6) is 0 Å². The summed E-state index contributed by atoms with van der Waals surface area (Å²) in [6.45, 7) is 5.03. The molecule has 1 saturated heterocycles. The maximum absolute atomic E-state index is 12.9. The fraction of sp³-hybridized carbons (Fsp3) is 0.500. The highest BCUT2D eigenvalue weighted by Gasteiger charge is 2.35. The lowest BCUT2D eigenvalue weighted by molar-refractivity contribution is -0.136. The van der Waals surface area contributed by atoms with E-state index >= 15 is 0 Å². The van der Waals surface area contributed by atoms with Gasteiger partial charge in [0.15, 0.2) is 0 Å². The number of amides is 1. The van der Waals surface area contributed by atoms with Crippen molar-refractivity contribution in [1.29, 1.82) is 0 Å². The standard InChI is InChI=1S/C14H17F3N2OS/c1-8-6-19(7-9(2)21-8)13(20)10-4-3-5-11(12(10)18)14(15,16)17/h3-5,8-9H,6-7,18H2,1-2H3. The van der Waals surface area contributed by atoms with Gasteiger partial charge in [0.05, 0.1) is 16.8 Å². The maximum Gasteiger partial charge on any atom is 0.418 e. The second-order valence-corrected chi connectivity index (χ2v) is 7.11. The summed E-state index contributed by atoms with van der Waals surface area (Å²) in [7, 11) is 0. The molecule has 0 saturated carbocycles. The van der Waals surface area contributed by atoms with Crippen molar-refractivity contribution in [3.8, 4) is 0 Å². The number of hydrogen-bond donors (Lipinski definition) is 1. The molecule has 21 heavy (non-hydrogen) atoms. The maximum atomic E-state index is 12.9. The molecule has 0 spiro atoms. The Balaban J connectivity index is 2.32. The van der Waals surface area contributed by atoms with Crippen LogP contribution in [-0.4, -0.2) is 34.4 Å². The minimum absolute atomic E-state index is 0.0730. The summed E-state index contributed by atoms with van der Waals surface area (Å²) < 4.78 is 38.6. The zero-order chi connectivity index (χ0) is 15.8. The third kappa shape index (κ3) is 3.45. The molecule has 0 bridgehead atoms. The molecule has 1 heterocycles. The Bertz CT molecular complexity index is 538. The molecule has 0 radical (unpaired) electrons. The van der Waals surface area contributed by atoms with Crippen LogP contribution in [0.15, 0.2) is 18.2 Å². The average molecular weight is 318 g/mol. The number of thioether (sulfide) groups is 1. The van der Waals surface area contributed by atoms with Gasteiger partial charge in [0, 0.05) is 23.6 Å². The van der Waals surface area contributed by atoms with Gasteiger partial charge < -0.3 is 10.6 Å². The molecule has 3 nitrogen and oxygen atoms in total. The zero-order valence-corrected chi connectivity index (χ0v) is 12.6. The largest absolute Gasteiger partial charge is 0.418 e. The summed E-state index contributed by atoms with van der Waals surface area (Å²) in [6, 6.07) is 3.46. The van der Waals surface area contributed by atoms with Gasteiger partial charge in [0.2, 0.25) is 0 Å². The fourth-order valence-corrected chi connectivity index (χ4v) is 3.84. The van der Waals surface area contributed by atoms with Gasteiger partial charge in [-0.15, -0.1) is 0 Å². The van der Waals surface area contributed by atoms with Crippen LogP contribution in [0.3, 0.4) is 0 Å². The van der Waals surface area contributed by atoms with Crippen LogP contribution in [0.25, 0.3) is 0 Å². The number of nitrogens with zero attached hydrogens (tertiary/aromatic N) is 1. The Labute approximate surface area is 125 Å². The third-order valence-corrected chi connectivity index (χ3v) is 4.58. The van der Waals surface area contributed by atoms with Crippen LogP contribution in [0, 0.1) is 0 Å². The Morgan fingerprint density at radius 3 is 2.38 bits per heavy atom. The van der Waals surface area contributed by atoms with Crippen LogP contribution in [0.2, 0.25) is 0 Å². The first-order valence-corrected chi connectivity index (χ1v) is 7.55. The molecule has 1 aromatic rings. The van der Waals surface area contributed by atoms with E-state index in [4.69, 9.17) is 5.73 Å². The van der Waals surface area contributed by atoms with E-state index in [-0.39, 0.29) is 16.1 Å². The van der Waals surface area contributed by atoms with Crippen molar-refractivity contribution in [2.75, 3.05) is 18.8 Å². The highest BCUT2D eigenvalue weighted by atomic mass is 32.2. The molecule has 2 unspecified atom stereocenters. The van der Waals surface area contributed by atoms with Gasteiger partial charge in [0.1, 0.15) is 0 Å². The number of nitrogen functional groups attached to an aromatic ring is 1. The third-order valence-electron chi connectivity index (χ3n) is 3.35. The van der Waals surface area contributed by atoms with Crippen LogP contribution < -0.4 is 5.73 Å². The van der Waals surface area contributed by atoms with Crippen molar-refractivity contribution in [3.05, 3.63) is 29.3 Å². The molecular weight excluding hydrogens is 301 g/mol. The van der Waals surface area contributed by atoms with Crippen molar-refractivity contribution in [3.63, 3.8) is 0 Å². The van der Waals surface area contributed by atoms with E-state index in [2.05, 4.69) is 0 Å². The minimum atomic E-state index is -4.56. The summed E-state index contributed by atoms with van der Waals surface area (Å²) in [4.78, 5) is 14.0. The van der Waals surface area contributed by atoms with Crippen LogP contribution in [0.4, 0.5) is 18.9 Å². The molecule has 0 aliphatic carbocycles. The second-order valence-electron chi connectivity index (χ2n) is 5.23. The number of para-hydroxylation sites is 1. The topological polar surface area (TPSA) is 46.3 Å². The lowest BCUT2D eigenvalue weighted by Gasteiger charge is -2.35. The van der Waals surface area contributed by atoms with Gasteiger partial charge >= 0.3 is 6.18 Å². The molecular formula is C14H17F3N2OS. The molecule has 2 atom stereocenters. The smallest absolute Gasteiger partial charge is 0.398 e. The van der Waals surface area contributed by atoms with Gasteiger partial charge in [0.25, 0.3) is 5.91 Å². The predicted octanol–water partition coefficient (Wildman–Crippen LogP) is 3.25. The van der Waals surface area contributed by atoms with Crippen molar-refractivity contribution in [1.82, 2.24) is 4.90 Å². The summed E-state index contributed by atoms with van der Waals surface area (Å²) in [6.07, 6.45) is -4.56. The Morgan fingerprint density at radius 2 is 1.86 bits per heavy atom. The van der Waals surface area contributed by atoms with Crippen molar-refractivity contribution in [2.45, 2.75) is 30.5 Å². The van der Waals surface area contributed by atoms with E-state index in [0.717, 1.165) is 6.07 Å². The van der Waals surface area contributed by atoms with E-state index < -0.39 is 23.3 Å². The number of nitrogens with two attached hydrogens (primary N) is 1. The average Bonchev–Trinajstić information content (AvgIpc) is 2.35. The van der Waals surface area contributed by atoms with E-state index in [9.17, 15) is 18.0 Å². The summed E-state index contributed by atoms with van der Waals surface area (Å²) >= 11 is 1.76. The molecule has 1 aliphatic heterocycles. The van der Waals surface area contributed by atoms with Gasteiger partial charge in [-0.2, -0.15) is 24.9 Å². The lowest BCUT2D eigenvalue weighted by atomic mass is 10.1. The van der Waals surface area contributed by atoms with Crippen LogP contribution >= 0.6 is 11.8 Å². The Morgan fingerprint density at radius 1 is 1.29 bits per heavy atom. The molecule has 2 rings (SSSR count). The highest BCUT2D eigenvalue weighted by molar-refractivity contribution is 8.00. The van der Waals surface area contributed by atoms with Crippen molar-refractivity contribution < 1.29 is 18.0 Å². The molecule has 1 amide bonds. The van der Waals surface area contributed by atoms with E-state index in [1.807, 2.05) is 13.8 Å². The first-order chi connectivity index (χ1) is 9.70. The highest BCUT2D eigenvalue weighted by Crippen LogP contribution is 2.35. The normalized spacial score (nSPS) is 23.2. The summed E-state index contributed by atoms with van der Waals surface area (Å²) in [5.74, 6) is -0.433. The monoisotopic (exact) mass is 318 g/mol. The number of carbonyl (C=O) groups is 1. The quantitative estimate of drug-likeness (QED) is 0.809. The predicted molar refractivity (Wildman–Crippen MR) is 78.3 cm³/mol. The number of benzene rings is 1. The molecule has 1 fully saturated rings. The SMILES string of the molecule is CC1CN(C(=O)c2cccc(C(F)(F)F)c2N)CC(C)S1. The summed E-state index contributed by atoms with van der Waals surface area (Å²) in [5, 5.41) is 0.509. The number of halogens is 3. The number of carbonyl (C=O) groups excluding carboxylic acids is 1. The summed E-state index contributed by atoms with van der Waals surface area (Å²) in [5.41, 5.74) is 4.05. The fourth-order valence-electron chi connectivity index (χ4n) is 2.51. The molecule has 0 aromatic heterocycles. The van der Waals surface area contributed by atoms with Gasteiger partial charge in [-0.25, -0.2) is 0 Å². The second kappa shape index (κ2) is 5.79. The minimum Gasteiger partial charge on any atom is -0.398 e. The van der Waals surface area contributed by atoms with Crippen molar-refractivity contribution in [2.24, 2.45) is 0 Å². The number of anilines is 1. The van der Waals surface area contributed by atoms with Crippen LogP contribution in [0.1, 0.15) is 29.8 Å². The number of hydrogen-bond acceptors (Lipinski definition) is 3. The van der Waals surface area contributed by atoms with E-state index in [0.29, 0.717) is 13.1 Å². The zero-order valence-electron chi connectivity index (χ0n) is 11.8. The molecule has 1 aliphatic rings. The number of alkyl halides is 3. The van der Waals surface area contributed by atoms with Gasteiger partial charge in [-0.1, -0.05) is 19.9 Å². The first kappa shape index (κ1) is 16.0. The van der Waals surface area contributed by atoms with Gasteiger partial charge in [-0.05, 0) is 12.1 Å². The lowest BCUT2D eigenvalue weighted by Crippen LogP contribution is -2.44. The Hall–Kier alpha value is -1.37. The van der Waals surface area contributed by atoms with Crippen molar-refractivity contribution >= 4 is 23.4 Å². The molecule has 7 heteroatoms. The van der Waals surface area contributed by atoms with E-state index in [1.165, 1.54) is 12.1 Å². The number of rotatable bonds is 1. The molecule has 116 valence electrons. The molecule has 2 N–H and O–H groups in total. The van der Waals surface area contributed by atoms with Gasteiger partial charge in [-0.3, -0.25) is 4.79 Å². The first-order valence-electron chi connectivity index (χ1n) is 6.60. The van der Waals surface area contributed by atoms with Crippen LogP contribution in [-0.2, 0) is 6.18 Å². The Kier molecular flexibility index (Phi) is 4.41. The van der Waals surface area contributed by atoms with E-state index in [1.54, 1.807) is 16.7 Å².